The van der Waals surface area contributed by atoms with E-state index in [4.69, 9.17) is 10.5 Å². The number of guanidine groups is 1. The second-order valence-electron chi connectivity index (χ2n) is 6.29. The molecule has 1 unspecified atom stereocenters. The first-order valence-electron chi connectivity index (χ1n) is 9.16. The van der Waals surface area contributed by atoms with E-state index in [2.05, 4.69) is 22.2 Å². The molecule has 30 heavy (non-hydrogen) atoms. The number of nitrogens with zero attached hydrogens (tertiary/aromatic N) is 1. The van der Waals surface area contributed by atoms with Gasteiger partial charge in [0.25, 0.3) is 5.91 Å². The van der Waals surface area contributed by atoms with Crippen LogP contribution >= 0.6 is 0 Å². The summed E-state index contributed by atoms with van der Waals surface area (Å²) < 4.78 is 18.2. The van der Waals surface area contributed by atoms with E-state index in [1.54, 1.807) is 19.2 Å². The normalized spacial score (nSPS) is 11.7. The number of methoxy groups -OCH3 is 1. The first kappa shape index (κ1) is 20.6. The number of carbonyl (C=O) groups is 1. The highest BCUT2D eigenvalue weighted by Gasteiger charge is 2.11. The van der Waals surface area contributed by atoms with Crippen molar-refractivity contribution >= 4 is 11.9 Å². The molecular weight excluding hydrogens is 381 g/mol. The molecule has 0 aromatic heterocycles. The van der Waals surface area contributed by atoms with Crippen LogP contribution < -0.4 is 15.8 Å². The topological polar surface area (TPSA) is 76.7 Å². The SMILES string of the molecule is COc1ccc(C(C#Cc2ccccc2)N=C(N)NC(=O)c2ccc(F)cc2)cc1. The van der Waals surface area contributed by atoms with Crippen LogP contribution in [0.5, 0.6) is 5.75 Å². The van der Waals surface area contributed by atoms with Crippen molar-refractivity contribution in [2.24, 2.45) is 10.7 Å². The predicted octanol–water partition coefficient (Wildman–Crippen LogP) is 3.67. The number of rotatable bonds is 4. The van der Waals surface area contributed by atoms with Crippen molar-refractivity contribution in [3.05, 3.63) is 101 Å². The summed E-state index contributed by atoms with van der Waals surface area (Å²) >= 11 is 0. The van der Waals surface area contributed by atoms with Crippen molar-refractivity contribution in [3.8, 4) is 17.6 Å². The minimum Gasteiger partial charge on any atom is -0.497 e. The van der Waals surface area contributed by atoms with Crippen molar-refractivity contribution < 1.29 is 13.9 Å². The molecule has 150 valence electrons. The maximum Gasteiger partial charge on any atom is 0.257 e. The summed E-state index contributed by atoms with van der Waals surface area (Å²) in [5.74, 6) is 5.85. The van der Waals surface area contributed by atoms with E-state index in [-0.39, 0.29) is 11.5 Å². The fraction of sp³-hybridized carbons (Fsp3) is 0.0833. The Labute approximate surface area is 174 Å². The molecule has 0 spiro atoms. The number of nitrogens with two attached hydrogens (primary N) is 1. The first-order chi connectivity index (χ1) is 14.5. The highest BCUT2D eigenvalue weighted by atomic mass is 19.1. The molecule has 1 atom stereocenters. The van der Waals surface area contributed by atoms with Crippen molar-refractivity contribution in [2.45, 2.75) is 6.04 Å². The number of aliphatic imine (C=N–C) groups is 1. The van der Waals surface area contributed by atoms with Gasteiger partial charge < -0.3 is 10.5 Å². The molecule has 3 N–H and O–H groups in total. The van der Waals surface area contributed by atoms with Gasteiger partial charge in [0.2, 0.25) is 0 Å². The van der Waals surface area contributed by atoms with Crippen LogP contribution in [0.1, 0.15) is 27.5 Å². The van der Waals surface area contributed by atoms with Gasteiger partial charge in [0.15, 0.2) is 5.96 Å². The van der Waals surface area contributed by atoms with Gasteiger partial charge in [-0.2, -0.15) is 0 Å². The third kappa shape index (κ3) is 5.69. The number of hydrogen-bond acceptors (Lipinski definition) is 3. The lowest BCUT2D eigenvalue weighted by molar-refractivity contribution is 0.0976. The second kappa shape index (κ2) is 9.89. The summed E-state index contributed by atoms with van der Waals surface area (Å²) in [4.78, 5) is 16.7. The Morgan fingerprint density at radius 2 is 1.70 bits per heavy atom. The molecule has 0 aliphatic carbocycles. The molecule has 3 rings (SSSR count). The summed E-state index contributed by atoms with van der Waals surface area (Å²) in [6.45, 7) is 0. The third-order valence-corrected chi connectivity index (χ3v) is 4.17. The number of carbonyl (C=O) groups excluding carboxylic acids is 1. The second-order valence-corrected chi connectivity index (χ2v) is 6.29. The van der Waals surface area contributed by atoms with E-state index < -0.39 is 17.8 Å². The van der Waals surface area contributed by atoms with Crippen LogP contribution in [0, 0.1) is 17.7 Å². The summed E-state index contributed by atoms with van der Waals surface area (Å²) in [6, 6.07) is 21.3. The van der Waals surface area contributed by atoms with E-state index in [0.717, 1.165) is 11.1 Å². The molecule has 0 fully saturated rings. The lowest BCUT2D eigenvalue weighted by atomic mass is 10.1. The molecular formula is C24H20FN3O2. The number of hydrogen-bond donors (Lipinski definition) is 2. The Balaban J connectivity index is 1.85. The van der Waals surface area contributed by atoms with Gasteiger partial charge in [0.05, 0.1) is 7.11 Å². The average Bonchev–Trinajstić information content (AvgIpc) is 2.77. The maximum atomic E-state index is 13.0. The van der Waals surface area contributed by atoms with Crippen molar-refractivity contribution in [3.63, 3.8) is 0 Å². The largest absolute Gasteiger partial charge is 0.497 e. The number of halogens is 1. The molecule has 0 saturated carbocycles. The minimum absolute atomic E-state index is 0.0903. The van der Waals surface area contributed by atoms with E-state index in [1.807, 2.05) is 42.5 Å². The standard InChI is InChI=1S/C24H20FN3O2/c1-30-21-14-10-18(11-15-21)22(16-7-17-5-3-2-4-6-17)27-24(26)28-23(29)19-8-12-20(25)13-9-19/h2-6,8-15,22H,1H3,(H3,26,27,28,29). The third-order valence-electron chi connectivity index (χ3n) is 4.17. The molecule has 1 amide bonds. The van der Waals surface area contributed by atoms with Crippen LogP contribution in [-0.4, -0.2) is 19.0 Å². The summed E-state index contributed by atoms with van der Waals surface area (Å²) in [7, 11) is 1.59. The summed E-state index contributed by atoms with van der Waals surface area (Å²) in [5, 5.41) is 2.51. The maximum absolute atomic E-state index is 13.0. The molecule has 0 radical (unpaired) electrons. The Kier molecular flexibility index (Phi) is 6.80. The zero-order chi connectivity index (χ0) is 21.3. The molecule has 6 heteroatoms. The van der Waals surface area contributed by atoms with Crippen molar-refractivity contribution in [1.29, 1.82) is 0 Å². The van der Waals surface area contributed by atoms with Crippen LogP contribution in [0.4, 0.5) is 4.39 Å². The molecule has 3 aromatic carbocycles. The number of benzene rings is 3. The predicted molar refractivity (Wildman–Crippen MR) is 115 cm³/mol. The zero-order valence-corrected chi connectivity index (χ0v) is 16.3. The number of ether oxygens (including phenoxy) is 1. The number of nitrogens with one attached hydrogen (secondary N) is 1. The highest BCUT2D eigenvalue weighted by Crippen LogP contribution is 2.20. The van der Waals surface area contributed by atoms with Crippen LogP contribution in [0.2, 0.25) is 0 Å². The Bertz CT molecular complexity index is 1080. The average molecular weight is 401 g/mol. The van der Waals surface area contributed by atoms with Crippen LogP contribution in [0.15, 0.2) is 83.9 Å². The van der Waals surface area contributed by atoms with Crippen molar-refractivity contribution in [1.82, 2.24) is 5.32 Å². The Morgan fingerprint density at radius 3 is 2.33 bits per heavy atom. The van der Waals surface area contributed by atoms with Gasteiger partial charge in [-0.3, -0.25) is 10.1 Å². The fourth-order valence-corrected chi connectivity index (χ4v) is 2.61. The van der Waals surface area contributed by atoms with E-state index >= 15 is 0 Å². The quantitative estimate of drug-likeness (QED) is 0.398. The van der Waals surface area contributed by atoms with Gasteiger partial charge in [-0.05, 0) is 54.1 Å². The van der Waals surface area contributed by atoms with Gasteiger partial charge in [-0.15, -0.1) is 0 Å². The molecule has 0 bridgehead atoms. The Morgan fingerprint density at radius 1 is 1.03 bits per heavy atom. The molecule has 0 aliphatic heterocycles. The molecule has 0 saturated heterocycles. The van der Waals surface area contributed by atoms with Gasteiger partial charge in [-0.25, -0.2) is 9.38 Å². The van der Waals surface area contributed by atoms with Crippen LogP contribution in [0.3, 0.4) is 0 Å². The van der Waals surface area contributed by atoms with Gasteiger partial charge in [0.1, 0.15) is 17.6 Å². The highest BCUT2D eigenvalue weighted by molar-refractivity contribution is 6.05. The van der Waals surface area contributed by atoms with Gasteiger partial charge in [0, 0.05) is 11.1 Å². The smallest absolute Gasteiger partial charge is 0.257 e. The molecule has 3 aromatic rings. The zero-order valence-electron chi connectivity index (χ0n) is 16.3. The van der Waals surface area contributed by atoms with E-state index in [9.17, 15) is 9.18 Å². The van der Waals surface area contributed by atoms with Gasteiger partial charge in [-0.1, -0.05) is 42.2 Å². The minimum atomic E-state index is -0.607. The first-order valence-corrected chi connectivity index (χ1v) is 9.16. The lowest BCUT2D eigenvalue weighted by Gasteiger charge is -2.10. The lowest BCUT2D eigenvalue weighted by Crippen LogP contribution is -2.37. The Hall–Kier alpha value is -4.11. The number of amides is 1. The van der Waals surface area contributed by atoms with Crippen LogP contribution in [-0.2, 0) is 0 Å². The fourth-order valence-electron chi connectivity index (χ4n) is 2.61. The van der Waals surface area contributed by atoms with Crippen molar-refractivity contribution in [2.75, 3.05) is 7.11 Å². The van der Waals surface area contributed by atoms with Crippen LogP contribution in [0.25, 0.3) is 0 Å². The molecule has 5 nitrogen and oxygen atoms in total. The molecule has 0 heterocycles. The van der Waals surface area contributed by atoms with E-state index in [0.29, 0.717) is 5.75 Å². The van der Waals surface area contributed by atoms with E-state index in [1.165, 1.54) is 24.3 Å². The summed E-state index contributed by atoms with van der Waals surface area (Å²) in [5.41, 5.74) is 7.85. The molecule has 0 aliphatic rings. The summed E-state index contributed by atoms with van der Waals surface area (Å²) in [6.07, 6.45) is 0. The monoisotopic (exact) mass is 401 g/mol. The van der Waals surface area contributed by atoms with Gasteiger partial charge >= 0.3 is 0 Å².